The molecule has 0 saturated carbocycles. The molecule has 1 aliphatic carbocycles. The van der Waals surface area contributed by atoms with Crippen LogP contribution in [0.2, 0.25) is 0 Å². The van der Waals surface area contributed by atoms with Crippen LogP contribution < -0.4 is 0 Å². The summed E-state index contributed by atoms with van der Waals surface area (Å²) in [6, 6.07) is 28.5. The third-order valence-electron chi connectivity index (χ3n) is 10.9. The molecule has 0 atom stereocenters. The van der Waals surface area contributed by atoms with E-state index in [1.807, 2.05) is 33.9 Å². The van der Waals surface area contributed by atoms with Gasteiger partial charge in [-0.3, -0.25) is 9.78 Å². The SMILES string of the molecule is CCC(CC)C(=O)/C=C(\O)C(CC)CC.Cc1cc2ccc3c4ccnc5c4c(cc3c2cc1C)C(C)(C)c1cc2ccccc2[c-]c1-5.[Ir]. The molecule has 0 spiro atoms. The van der Waals surface area contributed by atoms with Crippen molar-refractivity contribution in [3.8, 4) is 11.3 Å². The summed E-state index contributed by atoms with van der Waals surface area (Å²) < 4.78 is 0. The minimum atomic E-state index is -0.153. The van der Waals surface area contributed by atoms with Crippen molar-refractivity contribution in [2.45, 2.75) is 86.5 Å². The second kappa shape index (κ2) is 14.6. The summed E-state index contributed by atoms with van der Waals surface area (Å²) in [5.41, 5.74) is 7.39. The van der Waals surface area contributed by atoms with Crippen molar-refractivity contribution in [1.82, 2.24) is 4.98 Å². The maximum absolute atomic E-state index is 11.7. The van der Waals surface area contributed by atoms with E-state index in [0.717, 1.165) is 42.3 Å². The molecule has 0 saturated heterocycles. The van der Waals surface area contributed by atoms with Crippen LogP contribution in [0.15, 0.2) is 84.8 Å². The summed E-state index contributed by atoms with van der Waals surface area (Å²) in [5, 5.41) is 20.0. The molecule has 0 unspecified atom stereocenters. The van der Waals surface area contributed by atoms with Gasteiger partial charge < -0.3 is 5.11 Å². The third-order valence-corrected chi connectivity index (χ3v) is 10.9. The van der Waals surface area contributed by atoms with Gasteiger partial charge in [0.2, 0.25) is 0 Å². The van der Waals surface area contributed by atoms with Crippen molar-refractivity contribution in [2.75, 3.05) is 0 Å². The Bertz CT molecular complexity index is 2220. The summed E-state index contributed by atoms with van der Waals surface area (Å²) in [5.74, 6) is 0.547. The monoisotopic (exact) mass is 827 g/mol. The first-order chi connectivity index (χ1) is 23.0. The van der Waals surface area contributed by atoms with E-state index >= 15 is 0 Å². The van der Waals surface area contributed by atoms with E-state index in [4.69, 9.17) is 4.98 Å². The molecule has 0 bridgehead atoms. The molecule has 1 heterocycles. The Morgan fingerprint density at radius 2 is 1.45 bits per heavy atom. The summed E-state index contributed by atoms with van der Waals surface area (Å²) in [7, 11) is 0. The quantitative estimate of drug-likeness (QED) is 0.0755. The topological polar surface area (TPSA) is 50.2 Å². The maximum atomic E-state index is 11.7. The predicted octanol–water partition coefficient (Wildman–Crippen LogP) is 12.3. The molecule has 4 heteroatoms. The Kier molecular flexibility index (Phi) is 10.8. The van der Waals surface area contributed by atoms with Gasteiger partial charge in [-0.2, -0.15) is 0 Å². The van der Waals surface area contributed by atoms with Crippen molar-refractivity contribution >= 4 is 48.9 Å². The van der Waals surface area contributed by atoms with Gasteiger partial charge in [0.05, 0.1) is 5.76 Å². The molecule has 1 radical (unpaired) electrons. The minimum Gasteiger partial charge on any atom is -0.512 e. The predicted molar refractivity (Wildman–Crippen MR) is 204 cm³/mol. The molecular formula is C45H48IrNO2-. The largest absolute Gasteiger partial charge is 0.512 e. The van der Waals surface area contributed by atoms with Crippen LogP contribution in [0.5, 0.6) is 0 Å². The molecule has 255 valence electrons. The minimum absolute atomic E-state index is 0. The molecule has 0 aliphatic heterocycles. The third kappa shape index (κ3) is 6.46. The number of nitrogens with zero attached hydrogens (tertiary/aromatic N) is 1. The first-order valence-electron chi connectivity index (χ1n) is 17.7. The standard InChI is InChI=1S/C32H24N.C13H24O2.Ir/c1-18-13-22-9-10-23-24-11-12-33-31-27-15-20-7-5-6-8-21(20)16-28(27)32(3,4)29(30(24)31)17-26(23)25(22)14-19(18)2;1-5-10(6-2)12(14)9-13(15)11(7-3)8-4;/h5-14,16-17H,1-4H3;9-11,14H,5-8H2,1-4H3;/q-1;;/b;12-9-;. The Balaban J connectivity index is 0.000000252. The number of rotatable bonds is 7. The molecule has 0 amide bonds. The van der Waals surface area contributed by atoms with Crippen molar-refractivity contribution in [3.05, 3.63) is 113 Å². The fraction of sp³-hybridized carbons (Fsp3) is 0.333. The van der Waals surface area contributed by atoms with E-state index in [-0.39, 0.29) is 48.9 Å². The molecule has 7 rings (SSSR count). The number of aliphatic hydroxyl groups is 1. The van der Waals surface area contributed by atoms with Crippen LogP contribution in [-0.2, 0) is 30.3 Å². The summed E-state index contributed by atoms with van der Waals surface area (Å²) in [6.07, 6.45) is 6.88. The Labute approximate surface area is 305 Å². The van der Waals surface area contributed by atoms with Gasteiger partial charge in [-0.15, -0.1) is 23.6 Å². The van der Waals surface area contributed by atoms with Crippen LogP contribution in [0.4, 0.5) is 0 Å². The van der Waals surface area contributed by atoms with Gasteiger partial charge in [-0.25, -0.2) is 0 Å². The van der Waals surface area contributed by atoms with E-state index in [9.17, 15) is 9.90 Å². The first kappa shape index (κ1) is 36.4. The van der Waals surface area contributed by atoms with Crippen LogP contribution >= 0.6 is 0 Å². The molecule has 1 aromatic heterocycles. The number of aromatic nitrogens is 1. The number of aliphatic hydroxyl groups excluding tert-OH is 1. The van der Waals surface area contributed by atoms with E-state index in [1.165, 1.54) is 66.0 Å². The number of ketones is 1. The number of pyridine rings is 1. The Hall–Kier alpha value is -3.85. The van der Waals surface area contributed by atoms with E-state index < -0.39 is 0 Å². The normalized spacial score (nSPS) is 13.5. The van der Waals surface area contributed by atoms with Crippen LogP contribution in [-0.4, -0.2) is 15.9 Å². The Morgan fingerprint density at radius 3 is 2.14 bits per heavy atom. The second-order valence-electron chi connectivity index (χ2n) is 14.1. The van der Waals surface area contributed by atoms with Gasteiger partial charge in [-0.05, 0) is 100 Å². The smallest absolute Gasteiger partial charge is 0.162 e. The van der Waals surface area contributed by atoms with Crippen LogP contribution in [0.1, 0.15) is 89.5 Å². The van der Waals surface area contributed by atoms with Gasteiger partial charge in [-0.1, -0.05) is 107 Å². The number of benzene rings is 5. The number of aryl methyl sites for hydroxylation is 2. The molecule has 3 nitrogen and oxygen atoms in total. The van der Waals surface area contributed by atoms with Crippen molar-refractivity contribution < 1.29 is 30.0 Å². The summed E-state index contributed by atoms with van der Waals surface area (Å²) in [6.45, 7) is 17.2. The van der Waals surface area contributed by atoms with Gasteiger partial charge in [0.15, 0.2) is 5.78 Å². The average molecular weight is 827 g/mol. The number of carbonyl (C=O) groups excluding carboxylic acids is 1. The number of hydrogen-bond acceptors (Lipinski definition) is 3. The van der Waals surface area contributed by atoms with E-state index in [0.29, 0.717) is 0 Å². The van der Waals surface area contributed by atoms with Crippen molar-refractivity contribution in [3.63, 3.8) is 0 Å². The molecule has 0 fully saturated rings. The molecule has 1 aliphatic rings. The fourth-order valence-corrected chi connectivity index (χ4v) is 7.64. The molecular weight excluding hydrogens is 779 g/mol. The number of carbonyl (C=O) groups is 1. The zero-order chi connectivity index (χ0) is 34.3. The molecule has 5 aromatic carbocycles. The number of allylic oxidation sites excluding steroid dienone is 2. The fourth-order valence-electron chi connectivity index (χ4n) is 7.64. The molecule has 49 heavy (non-hydrogen) atoms. The number of fused-ring (bicyclic) bond motifs is 7. The molecule has 6 aromatic rings. The summed E-state index contributed by atoms with van der Waals surface area (Å²) in [4.78, 5) is 16.6. The number of hydrogen-bond donors (Lipinski definition) is 1. The van der Waals surface area contributed by atoms with E-state index in [1.54, 1.807) is 0 Å². The summed E-state index contributed by atoms with van der Waals surface area (Å²) >= 11 is 0. The second-order valence-corrected chi connectivity index (χ2v) is 14.1. The van der Waals surface area contributed by atoms with Gasteiger partial charge in [0, 0.05) is 49.9 Å². The van der Waals surface area contributed by atoms with Gasteiger partial charge in [0.25, 0.3) is 0 Å². The van der Waals surface area contributed by atoms with Crippen LogP contribution in [0.25, 0.3) is 54.3 Å². The maximum Gasteiger partial charge on any atom is 0.162 e. The zero-order valence-electron chi connectivity index (χ0n) is 30.1. The van der Waals surface area contributed by atoms with E-state index in [2.05, 4.69) is 100 Å². The Morgan fingerprint density at radius 1 is 0.776 bits per heavy atom. The average Bonchev–Trinajstić information content (AvgIpc) is 3.08. The van der Waals surface area contributed by atoms with Gasteiger partial charge in [0.1, 0.15) is 0 Å². The van der Waals surface area contributed by atoms with Crippen molar-refractivity contribution in [1.29, 1.82) is 0 Å². The first-order valence-corrected chi connectivity index (χ1v) is 17.7. The molecule has 1 N–H and O–H groups in total. The van der Waals surface area contributed by atoms with Crippen molar-refractivity contribution in [2.24, 2.45) is 11.8 Å². The van der Waals surface area contributed by atoms with Crippen LogP contribution in [0.3, 0.4) is 0 Å². The zero-order valence-corrected chi connectivity index (χ0v) is 32.5. The van der Waals surface area contributed by atoms with Crippen LogP contribution in [0, 0.1) is 31.7 Å². The van der Waals surface area contributed by atoms with Gasteiger partial charge >= 0.3 is 0 Å².